The van der Waals surface area contributed by atoms with E-state index < -0.39 is 0 Å². The van der Waals surface area contributed by atoms with Gasteiger partial charge in [0.1, 0.15) is 0 Å². The Balaban J connectivity index is 1.31. The standard InChI is InChI=1S/C26H44O/c1-3-5-6-7-22-12-15-24(16-13-22)25-17-19-26(27-20-25)18-14-23-10-8-21(4-2)9-11-23/h4,14,18,21-26H,2-3,5-13,15-17,19-20H2,1H3. The zero-order chi connectivity index (χ0) is 18.9. The van der Waals surface area contributed by atoms with E-state index in [2.05, 4.69) is 31.7 Å². The molecule has 0 aromatic carbocycles. The first-order valence-corrected chi connectivity index (χ1v) is 12.2. The molecule has 1 saturated heterocycles. The van der Waals surface area contributed by atoms with Gasteiger partial charge in [0.15, 0.2) is 0 Å². The van der Waals surface area contributed by atoms with Crippen LogP contribution >= 0.6 is 0 Å². The van der Waals surface area contributed by atoms with E-state index in [0.717, 1.165) is 36.2 Å². The van der Waals surface area contributed by atoms with E-state index in [9.17, 15) is 0 Å². The van der Waals surface area contributed by atoms with Crippen LogP contribution in [0.1, 0.15) is 96.8 Å². The molecule has 2 saturated carbocycles. The normalized spacial score (nSPS) is 38.1. The highest BCUT2D eigenvalue weighted by atomic mass is 16.5. The summed E-state index contributed by atoms with van der Waals surface area (Å²) in [6.45, 7) is 7.29. The number of allylic oxidation sites excluding steroid dienone is 2. The second-order valence-electron chi connectivity index (χ2n) is 9.78. The molecule has 0 spiro atoms. The molecule has 0 radical (unpaired) electrons. The van der Waals surface area contributed by atoms with Crippen molar-refractivity contribution in [2.24, 2.45) is 29.6 Å². The molecule has 1 aliphatic heterocycles. The Morgan fingerprint density at radius 3 is 2.11 bits per heavy atom. The molecule has 0 aromatic heterocycles. The van der Waals surface area contributed by atoms with Crippen LogP contribution in [-0.4, -0.2) is 12.7 Å². The van der Waals surface area contributed by atoms with Gasteiger partial charge in [-0.1, -0.05) is 63.7 Å². The van der Waals surface area contributed by atoms with Crippen LogP contribution in [0.4, 0.5) is 0 Å². The van der Waals surface area contributed by atoms with Crippen molar-refractivity contribution < 1.29 is 4.74 Å². The van der Waals surface area contributed by atoms with E-state index in [1.807, 2.05) is 0 Å². The van der Waals surface area contributed by atoms with Crippen molar-refractivity contribution in [3.8, 4) is 0 Å². The van der Waals surface area contributed by atoms with Gasteiger partial charge in [0.25, 0.3) is 0 Å². The molecule has 0 bridgehead atoms. The van der Waals surface area contributed by atoms with Gasteiger partial charge in [-0.15, -0.1) is 6.58 Å². The molecule has 0 aromatic rings. The van der Waals surface area contributed by atoms with E-state index >= 15 is 0 Å². The minimum absolute atomic E-state index is 0.392. The number of ether oxygens (including phenoxy) is 1. The lowest BCUT2D eigenvalue weighted by Gasteiger charge is -2.37. The third kappa shape index (κ3) is 6.77. The van der Waals surface area contributed by atoms with Gasteiger partial charge in [0, 0.05) is 0 Å². The van der Waals surface area contributed by atoms with E-state index in [1.165, 1.54) is 89.9 Å². The first kappa shape index (κ1) is 21.2. The number of rotatable bonds is 8. The molecular weight excluding hydrogens is 328 g/mol. The van der Waals surface area contributed by atoms with Crippen LogP contribution in [0.3, 0.4) is 0 Å². The van der Waals surface area contributed by atoms with Crippen LogP contribution in [-0.2, 0) is 4.74 Å². The largest absolute Gasteiger partial charge is 0.374 e. The van der Waals surface area contributed by atoms with Crippen molar-refractivity contribution >= 4 is 0 Å². The van der Waals surface area contributed by atoms with Crippen LogP contribution in [0.2, 0.25) is 0 Å². The van der Waals surface area contributed by atoms with Crippen molar-refractivity contribution in [3.05, 3.63) is 24.8 Å². The first-order valence-electron chi connectivity index (χ1n) is 12.2. The quantitative estimate of drug-likeness (QED) is 0.313. The van der Waals surface area contributed by atoms with Gasteiger partial charge in [-0.05, 0) is 81.0 Å². The maximum atomic E-state index is 6.28. The first-order chi connectivity index (χ1) is 13.3. The number of hydrogen-bond acceptors (Lipinski definition) is 1. The fourth-order valence-corrected chi connectivity index (χ4v) is 5.80. The smallest absolute Gasteiger partial charge is 0.0756 e. The average molecular weight is 373 g/mol. The Labute approximate surface area is 169 Å². The molecule has 3 aliphatic rings. The molecule has 1 heteroatoms. The lowest BCUT2D eigenvalue weighted by atomic mass is 9.73. The Morgan fingerprint density at radius 1 is 0.778 bits per heavy atom. The molecule has 27 heavy (non-hydrogen) atoms. The van der Waals surface area contributed by atoms with E-state index in [-0.39, 0.29) is 0 Å². The molecule has 0 amide bonds. The predicted octanol–water partition coefficient (Wildman–Crippen LogP) is 7.72. The van der Waals surface area contributed by atoms with E-state index in [4.69, 9.17) is 4.74 Å². The summed E-state index contributed by atoms with van der Waals surface area (Å²) in [7, 11) is 0. The van der Waals surface area contributed by atoms with Gasteiger partial charge in [0.05, 0.1) is 12.7 Å². The van der Waals surface area contributed by atoms with E-state index in [0.29, 0.717) is 6.10 Å². The molecule has 1 nitrogen and oxygen atoms in total. The highest BCUT2D eigenvalue weighted by Gasteiger charge is 2.30. The predicted molar refractivity (Wildman–Crippen MR) is 117 cm³/mol. The number of unbranched alkanes of at least 4 members (excludes halogenated alkanes) is 2. The van der Waals surface area contributed by atoms with Gasteiger partial charge in [-0.3, -0.25) is 0 Å². The zero-order valence-corrected chi connectivity index (χ0v) is 17.9. The Bertz CT molecular complexity index is 429. The second-order valence-corrected chi connectivity index (χ2v) is 9.78. The highest BCUT2D eigenvalue weighted by molar-refractivity contribution is 4.98. The highest BCUT2D eigenvalue weighted by Crippen LogP contribution is 2.39. The topological polar surface area (TPSA) is 9.23 Å². The van der Waals surface area contributed by atoms with Crippen LogP contribution in [0.15, 0.2) is 24.8 Å². The molecule has 3 rings (SSSR count). The molecule has 2 unspecified atom stereocenters. The van der Waals surface area contributed by atoms with Crippen molar-refractivity contribution in [1.29, 1.82) is 0 Å². The Morgan fingerprint density at radius 2 is 1.48 bits per heavy atom. The third-order valence-electron chi connectivity index (χ3n) is 7.87. The Kier molecular flexibility index (Phi) is 8.97. The summed E-state index contributed by atoms with van der Waals surface area (Å²) in [4.78, 5) is 0. The summed E-state index contributed by atoms with van der Waals surface area (Å²) < 4.78 is 6.28. The van der Waals surface area contributed by atoms with Gasteiger partial charge >= 0.3 is 0 Å². The molecular formula is C26H44O. The van der Waals surface area contributed by atoms with Crippen LogP contribution in [0.5, 0.6) is 0 Å². The summed E-state index contributed by atoms with van der Waals surface area (Å²) in [5.74, 6) is 4.37. The lowest BCUT2D eigenvalue weighted by Crippen LogP contribution is -2.31. The minimum atomic E-state index is 0.392. The summed E-state index contributed by atoms with van der Waals surface area (Å²) >= 11 is 0. The van der Waals surface area contributed by atoms with Crippen LogP contribution in [0, 0.1) is 29.6 Å². The van der Waals surface area contributed by atoms with Gasteiger partial charge in [0.2, 0.25) is 0 Å². The maximum absolute atomic E-state index is 6.28. The third-order valence-corrected chi connectivity index (χ3v) is 7.87. The van der Waals surface area contributed by atoms with Gasteiger partial charge in [-0.2, -0.15) is 0 Å². The Hall–Kier alpha value is -0.560. The summed E-state index contributed by atoms with van der Waals surface area (Å²) in [5.41, 5.74) is 0. The zero-order valence-electron chi connectivity index (χ0n) is 17.9. The van der Waals surface area contributed by atoms with Crippen LogP contribution in [0.25, 0.3) is 0 Å². The fraction of sp³-hybridized carbons (Fsp3) is 0.846. The average Bonchev–Trinajstić information content (AvgIpc) is 2.74. The van der Waals surface area contributed by atoms with E-state index in [1.54, 1.807) is 0 Å². The summed E-state index contributed by atoms with van der Waals surface area (Å²) in [6, 6.07) is 0. The SMILES string of the molecule is C=CC1CCC(C=CC2CCC(C3CCC(CCCCC)CC3)CO2)CC1. The molecule has 2 atom stereocenters. The van der Waals surface area contributed by atoms with Crippen molar-refractivity contribution in [2.75, 3.05) is 6.61 Å². The monoisotopic (exact) mass is 372 g/mol. The molecule has 2 aliphatic carbocycles. The maximum Gasteiger partial charge on any atom is 0.0756 e. The molecule has 0 N–H and O–H groups in total. The molecule has 1 heterocycles. The van der Waals surface area contributed by atoms with Gasteiger partial charge < -0.3 is 4.74 Å². The molecule has 3 fully saturated rings. The van der Waals surface area contributed by atoms with Crippen molar-refractivity contribution in [3.63, 3.8) is 0 Å². The number of hydrogen-bond donors (Lipinski definition) is 0. The second kappa shape index (κ2) is 11.4. The van der Waals surface area contributed by atoms with Crippen LogP contribution < -0.4 is 0 Å². The van der Waals surface area contributed by atoms with Crippen molar-refractivity contribution in [1.82, 2.24) is 0 Å². The lowest BCUT2D eigenvalue weighted by molar-refractivity contribution is -0.0170. The minimum Gasteiger partial charge on any atom is -0.374 e. The summed E-state index contributed by atoms with van der Waals surface area (Å²) in [5, 5.41) is 0. The van der Waals surface area contributed by atoms with Gasteiger partial charge in [-0.25, -0.2) is 0 Å². The molecule has 154 valence electrons. The fourth-order valence-electron chi connectivity index (χ4n) is 5.80. The van der Waals surface area contributed by atoms with Crippen molar-refractivity contribution in [2.45, 2.75) is 103 Å². The summed E-state index contributed by atoms with van der Waals surface area (Å²) in [6.07, 6.45) is 27.1.